The van der Waals surface area contributed by atoms with E-state index in [9.17, 15) is 9.18 Å². The fourth-order valence-corrected chi connectivity index (χ4v) is 1.35. The van der Waals surface area contributed by atoms with E-state index in [2.05, 4.69) is 9.97 Å². The highest BCUT2D eigenvalue weighted by atomic mass is 19.1. The van der Waals surface area contributed by atoms with Gasteiger partial charge in [-0.2, -0.15) is 4.98 Å². The zero-order chi connectivity index (χ0) is 12.3. The third-order valence-corrected chi connectivity index (χ3v) is 2.12. The van der Waals surface area contributed by atoms with E-state index in [1.807, 2.05) is 6.92 Å². The van der Waals surface area contributed by atoms with E-state index in [-0.39, 0.29) is 11.4 Å². The number of rotatable bonds is 3. The van der Waals surface area contributed by atoms with Crippen LogP contribution in [0.3, 0.4) is 0 Å². The fraction of sp³-hybridized carbons (Fsp3) is 0.167. The first-order valence-electron chi connectivity index (χ1n) is 5.21. The quantitative estimate of drug-likeness (QED) is 0.886. The molecular weight excluding hydrogens is 223 g/mol. The Labute approximate surface area is 97.1 Å². The van der Waals surface area contributed by atoms with Gasteiger partial charge in [0, 0.05) is 12.5 Å². The summed E-state index contributed by atoms with van der Waals surface area (Å²) in [6.45, 7) is 1.87. The van der Waals surface area contributed by atoms with Crippen molar-refractivity contribution in [1.29, 1.82) is 0 Å². The van der Waals surface area contributed by atoms with E-state index in [0.717, 1.165) is 0 Å². The van der Waals surface area contributed by atoms with Gasteiger partial charge in [-0.25, -0.2) is 4.39 Å². The number of hydrogen-bond donors (Lipinski definition) is 1. The second kappa shape index (κ2) is 4.78. The van der Waals surface area contributed by atoms with E-state index in [1.165, 1.54) is 24.3 Å². The lowest BCUT2D eigenvalue weighted by Gasteiger charge is -2.05. The molecule has 1 aromatic carbocycles. The Hall–Kier alpha value is -2.17. The number of ether oxygens (including phenoxy) is 1. The fourth-order valence-electron chi connectivity index (χ4n) is 1.35. The molecule has 1 N–H and O–H groups in total. The van der Waals surface area contributed by atoms with E-state index < -0.39 is 5.82 Å². The van der Waals surface area contributed by atoms with Gasteiger partial charge in [0.25, 0.3) is 5.56 Å². The van der Waals surface area contributed by atoms with E-state index in [1.54, 1.807) is 6.07 Å². The minimum atomic E-state index is -0.400. The zero-order valence-electron chi connectivity index (χ0n) is 9.24. The number of hydrogen-bond acceptors (Lipinski definition) is 3. The molecule has 0 amide bonds. The monoisotopic (exact) mass is 234 g/mol. The molecule has 0 fully saturated rings. The van der Waals surface area contributed by atoms with Crippen LogP contribution >= 0.6 is 0 Å². The van der Waals surface area contributed by atoms with Crippen molar-refractivity contribution >= 4 is 0 Å². The molecule has 0 spiro atoms. The molecule has 4 nitrogen and oxygen atoms in total. The van der Waals surface area contributed by atoms with Crippen LogP contribution < -0.4 is 10.3 Å². The highest BCUT2D eigenvalue weighted by Gasteiger charge is 2.03. The van der Waals surface area contributed by atoms with Gasteiger partial charge in [-0.3, -0.25) is 4.79 Å². The second-order valence-electron chi connectivity index (χ2n) is 3.44. The lowest BCUT2D eigenvalue weighted by molar-refractivity contribution is 0.453. The van der Waals surface area contributed by atoms with Crippen LogP contribution in [-0.2, 0) is 6.42 Å². The maximum atomic E-state index is 12.9. The summed E-state index contributed by atoms with van der Waals surface area (Å²) in [5, 5.41) is 0. The average molecular weight is 234 g/mol. The Kier molecular flexibility index (Phi) is 3.18. The second-order valence-corrected chi connectivity index (χ2v) is 3.44. The summed E-state index contributed by atoms with van der Waals surface area (Å²) in [7, 11) is 0. The van der Waals surface area contributed by atoms with Gasteiger partial charge in [0.05, 0.1) is 6.07 Å². The van der Waals surface area contributed by atoms with Crippen LogP contribution in [0.5, 0.6) is 11.6 Å². The van der Waals surface area contributed by atoms with Gasteiger partial charge >= 0.3 is 0 Å². The molecule has 2 rings (SSSR count). The lowest BCUT2D eigenvalue weighted by atomic mass is 10.3. The van der Waals surface area contributed by atoms with Crippen LogP contribution in [0.25, 0.3) is 0 Å². The van der Waals surface area contributed by atoms with E-state index >= 15 is 0 Å². The molecule has 0 unspecified atom stereocenters. The first kappa shape index (κ1) is 11.3. The van der Waals surface area contributed by atoms with Gasteiger partial charge in [0.15, 0.2) is 0 Å². The highest BCUT2D eigenvalue weighted by molar-refractivity contribution is 5.27. The molecule has 2 aromatic rings. The Morgan fingerprint density at radius 1 is 1.41 bits per heavy atom. The molecule has 0 aliphatic heterocycles. The predicted octanol–water partition coefficient (Wildman–Crippen LogP) is 2.26. The minimum absolute atomic E-state index is 0.163. The molecule has 0 saturated heterocycles. The van der Waals surface area contributed by atoms with Crippen LogP contribution in [0.15, 0.2) is 35.1 Å². The SMILES string of the molecule is CCc1nc(Oc2cccc(F)c2)cc(=O)[nH]1. The molecule has 0 saturated carbocycles. The molecule has 0 bridgehead atoms. The maximum absolute atomic E-state index is 12.9. The topological polar surface area (TPSA) is 55.0 Å². The number of nitrogens with zero attached hydrogens (tertiary/aromatic N) is 1. The molecule has 0 radical (unpaired) electrons. The van der Waals surface area contributed by atoms with Crippen molar-refractivity contribution in [2.75, 3.05) is 0 Å². The van der Waals surface area contributed by atoms with Crippen LogP contribution in [-0.4, -0.2) is 9.97 Å². The Morgan fingerprint density at radius 3 is 2.94 bits per heavy atom. The molecule has 5 heteroatoms. The molecule has 17 heavy (non-hydrogen) atoms. The van der Waals surface area contributed by atoms with Gasteiger partial charge in [-0.15, -0.1) is 0 Å². The van der Waals surface area contributed by atoms with Gasteiger partial charge in [0.1, 0.15) is 17.4 Å². The zero-order valence-corrected chi connectivity index (χ0v) is 9.24. The number of benzene rings is 1. The number of aromatic nitrogens is 2. The standard InChI is InChI=1S/C12H11FN2O2/c1-2-10-14-11(16)7-12(15-10)17-9-5-3-4-8(13)6-9/h3-7H,2H2,1H3,(H,14,15,16). The van der Waals surface area contributed by atoms with Gasteiger partial charge in [0.2, 0.25) is 5.88 Å². The first-order chi connectivity index (χ1) is 8.17. The van der Waals surface area contributed by atoms with E-state index in [0.29, 0.717) is 18.0 Å². The third kappa shape index (κ3) is 2.90. The largest absolute Gasteiger partial charge is 0.439 e. The molecule has 0 atom stereocenters. The van der Waals surface area contributed by atoms with Gasteiger partial charge in [-0.1, -0.05) is 13.0 Å². The van der Waals surface area contributed by atoms with Crippen molar-refractivity contribution in [2.45, 2.75) is 13.3 Å². The molecule has 1 heterocycles. The summed E-state index contributed by atoms with van der Waals surface area (Å²) in [5.41, 5.74) is -0.289. The Bertz CT molecular complexity index is 581. The number of H-pyrrole nitrogens is 1. The predicted molar refractivity (Wildman–Crippen MR) is 60.7 cm³/mol. The molecule has 1 aromatic heterocycles. The average Bonchev–Trinajstić information content (AvgIpc) is 2.28. The van der Waals surface area contributed by atoms with Crippen LogP contribution in [0.4, 0.5) is 4.39 Å². The number of halogens is 1. The van der Waals surface area contributed by atoms with Crippen molar-refractivity contribution in [1.82, 2.24) is 9.97 Å². The Balaban J connectivity index is 2.29. The molecule has 0 aliphatic rings. The molecular formula is C12H11FN2O2. The van der Waals surface area contributed by atoms with Crippen LogP contribution in [0.1, 0.15) is 12.7 Å². The maximum Gasteiger partial charge on any atom is 0.254 e. The van der Waals surface area contributed by atoms with Crippen molar-refractivity contribution < 1.29 is 9.13 Å². The number of aryl methyl sites for hydroxylation is 1. The van der Waals surface area contributed by atoms with Crippen molar-refractivity contribution in [3.8, 4) is 11.6 Å². The summed E-state index contributed by atoms with van der Waals surface area (Å²) < 4.78 is 18.2. The first-order valence-corrected chi connectivity index (χ1v) is 5.21. The van der Waals surface area contributed by atoms with Crippen molar-refractivity contribution in [3.05, 3.63) is 52.3 Å². The van der Waals surface area contributed by atoms with Crippen LogP contribution in [0.2, 0.25) is 0 Å². The smallest absolute Gasteiger partial charge is 0.254 e. The summed E-state index contributed by atoms with van der Waals surface area (Å²) >= 11 is 0. The van der Waals surface area contributed by atoms with E-state index in [4.69, 9.17) is 4.74 Å². The molecule has 88 valence electrons. The number of nitrogens with one attached hydrogen (secondary N) is 1. The minimum Gasteiger partial charge on any atom is -0.439 e. The summed E-state index contributed by atoms with van der Waals surface area (Å²) in [6, 6.07) is 6.89. The summed E-state index contributed by atoms with van der Waals surface area (Å²) in [4.78, 5) is 17.9. The van der Waals surface area contributed by atoms with Crippen molar-refractivity contribution in [2.24, 2.45) is 0 Å². The Morgan fingerprint density at radius 2 is 2.24 bits per heavy atom. The van der Waals surface area contributed by atoms with Gasteiger partial charge in [-0.05, 0) is 12.1 Å². The summed E-state index contributed by atoms with van der Waals surface area (Å²) in [6.07, 6.45) is 0.593. The highest BCUT2D eigenvalue weighted by Crippen LogP contribution is 2.18. The van der Waals surface area contributed by atoms with Gasteiger partial charge < -0.3 is 9.72 Å². The van der Waals surface area contributed by atoms with Crippen molar-refractivity contribution in [3.63, 3.8) is 0 Å². The lowest BCUT2D eigenvalue weighted by Crippen LogP contribution is -2.10. The van der Waals surface area contributed by atoms with Crippen LogP contribution in [0, 0.1) is 5.82 Å². The third-order valence-electron chi connectivity index (χ3n) is 2.12. The molecule has 0 aliphatic carbocycles. The normalized spacial score (nSPS) is 10.2. The summed E-state index contributed by atoms with van der Waals surface area (Å²) in [5.74, 6) is 0.605. The number of aromatic amines is 1.